The molecule has 1 aromatic carbocycles. The number of hydrogen-bond donors (Lipinski definition) is 3. The standard InChI is InChI=1S/C21H22N4O3/c1-14-6-7-19(22-13-14)21(28)8-10-25(11-9-21)20(27)17-12-16(23-24-17)15-4-2-3-5-18(15)26/h2-7,12-13,26,28H,8-11H2,1H3,(H,23,24). The number of piperidine rings is 1. The van der Waals surface area contributed by atoms with Gasteiger partial charge in [0, 0.05) is 24.8 Å². The summed E-state index contributed by atoms with van der Waals surface area (Å²) in [5.41, 5.74) is 2.11. The number of para-hydroxylation sites is 1. The molecule has 1 aliphatic heterocycles. The van der Waals surface area contributed by atoms with E-state index in [1.54, 1.807) is 41.4 Å². The zero-order chi connectivity index (χ0) is 19.7. The number of rotatable bonds is 3. The number of hydrogen-bond acceptors (Lipinski definition) is 5. The van der Waals surface area contributed by atoms with Crippen molar-refractivity contribution in [2.45, 2.75) is 25.4 Å². The summed E-state index contributed by atoms with van der Waals surface area (Å²) >= 11 is 0. The zero-order valence-electron chi connectivity index (χ0n) is 15.6. The lowest BCUT2D eigenvalue weighted by Gasteiger charge is -2.37. The Labute approximate surface area is 162 Å². The minimum atomic E-state index is -1.01. The number of pyridine rings is 1. The third kappa shape index (κ3) is 3.36. The van der Waals surface area contributed by atoms with Crippen molar-refractivity contribution in [3.8, 4) is 17.0 Å². The van der Waals surface area contributed by atoms with Gasteiger partial charge in [-0.05, 0) is 49.6 Å². The van der Waals surface area contributed by atoms with E-state index >= 15 is 0 Å². The molecular formula is C21H22N4O3. The number of benzene rings is 1. The summed E-state index contributed by atoms with van der Waals surface area (Å²) in [5.74, 6) is -0.0604. The van der Waals surface area contributed by atoms with Gasteiger partial charge in [-0.15, -0.1) is 0 Å². The number of amides is 1. The summed E-state index contributed by atoms with van der Waals surface area (Å²) in [6, 6.07) is 12.3. The van der Waals surface area contributed by atoms with E-state index in [2.05, 4.69) is 15.2 Å². The molecular weight excluding hydrogens is 356 g/mol. The van der Waals surface area contributed by atoms with E-state index in [1.807, 2.05) is 19.1 Å². The van der Waals surface area contributed by atoms with E-state index in [-0.39, 0.29) is 11.7 Å². The van der Waals surface area contributed by atoms with Crippen LogP contribution in [0.3, 0.4) is 0 Å². The van der Waals surface area contributed by atoms with Gasteiger partial charge in [0.1, 0.15) is 17.0 Å². The van der Waals surface area contributed by atoms with E-state index < -0.39 is 5.60 Å². The van der Waals surface area contributed by atoms with Crippen molar-refractivity contribution in [2.24, 2.45) is 0 Å². The molecule has 0 unspecified atom stereocenters. The van der Waals surface area contributed by atoms with Gasteiger partial charge in [0.2, 0.25) is 0 Å². The fourth-order valence-corrected chi connectivity index (χ4v) is 3.51. The number of carbonyl (C=O) groups excluding carboxylic acids is 1. The van der Waals surface area contributed by atoms with Crippen LogP contribution >= 0.6 is 0 Å². The normalized spacial score (nSPS) is 16.1. The monoisotopic (exact) mass is 378 g/mol. The lowest BCUT2D eigenvalue weighted by atomic mass is 9.87. The molecule has 0 aliphatic carbocycles. The van der Waals surface area contributed by atoms with Gasteiger partial charge in [-0.2, -0.15) is 5.10 Å². The number of aromatic hydroxyl groups is 1. The average molecular weight is 378 g/mol. The van der Waals surface area contributed by atoms with Crippen LogP contribution in [0, 0.1) is 6.92 Å². The first-order valence-corrected chi connectivity index (χ1v) is 9.25. The molecule has 0 atom stereocenters. The fraction of sp³-hybridized carbons (Fsp3) is 0.286. The van der Waals surface area contributed by atoms with Gasteiger partial charge >= 0.3 is 0 Å². The highest BCUT2D eigenvalue weighted by Gasteiger charge is 2.37. The van der Waals surface area contributed by atoms with E-state index in [0.29, 0.717) is 48.6 Å². The number of likely N-dealkylation sites (tertiary alicyclic amines) is 1. The molecule has 28 heavy (non-hydrogen) atoms. The Hall–Kier alpha value is -3.19. The summed E-state index contributed by atoms with van der Waals surface area (Å²) in [7, 11) is 0. The highest BCUT2D eigenvalue weighted by Crippen LogP contribution is 2.32. The van der Waals surface area contributed by atoms with Crippen LogP contribution in [0.5, 0.6) is 5.75 Å². The van der Waals surface area contributed by atoms with Gasteiger partial charge in [0.15, 0.2) is 0 Å². The molecule has 7 nitrogen and oxygen atoms in total. The molecule has 3 heterocycles. The molecule has 144 valence electrons. The molecule has 1 saturated heterocycles. The molecule has 1 amide bonds. The van der Waals surface area contributed by atoms with Crippen LogP contribution in [0.2, 0.25) is 0 Å². The van der Waals surface area contributed by atoms with Crippen molar-refractivity contribution in [3.05, 3.63) is 65.6 Å². The molecule has 3 aromatic rings. The zero-order valence-corrected chi connectivity index (χ0v) is 15.6. The average Bonchev–Trinajstić information content (AvgIpc) is 3.19. The van der Waals surface area contributed by atoms with Crippen molar-refractivity contribution in [1.29, 1.82) is 0 Å². The predicted molar refractivity (Wildman–Crippen MR) is 104 cm³/mol. The number of phenolic OH excluding ortho intramolecular Hbond substituents is 1. The molecule has 0 radical (unpaired) electrons. The summed E-state index contributed by atoms with van der Waals surface area (Å²) in [6.45, 7) is 2.81. The van der Waals surface area contributed by atoms with Crippen molar-refractivity contribution in [1.82, 2.24) is 20.1 Å². The van der Waals surface area contributed by atoms with E-state index in [0.717, 1.165) is 5.56 Å². The number of aryl methyl sites for hydroxylation is 1. The molecule has 0 bridgehead atoms. The Kier molecular flexibility index (Phi) is 4.60. The number of aliphatic hydroxyl groups is 1. The first-order valence-electron chi connectivity index (χ1n) is 9.25. The first-order chi connectivity index (χ1) is 13.5. The Morgan fingerprint density at radius 2 is 1.93 bits per heavy atom. The van der Waals surface area contributed by atoms with Crippen LogP contribution in [-0.4, -0.2) is 49.3 Å². The van der Waals surface area contributed by atoms with E-state index in [4.69, 9.17) is 0 Å². The Morgan fingerprint density at radius 1 is 1.18 bits per heavy atom. The second kappa shape index (κ2) is 7.09. The first kappa shape index (κ1) is 18.2. The fourth-order valence-electron chi connectivity index (χ4n) is 3.51. The van der Waals surface area contributed by atoms with Crippen molar-refractivity contribution >= 4 is 5.91 Å². The van der Waals surface area contributed by atoms with Crippen LogP contribution in [0.15, 0.2) is 48.7 Å². The molecule has 1 aliphatic rings. The minimum Gasteiger partial charge on any atom is -0.507 e. The SMILES string of the molecule is Cc1ccc(C2(O)CCN(C(=O)c3cc(-c4ccccc4O)n[nH]3)CC2)nc1. The number of H-pyrrole nitrogens is 1. The number of aromatic amines is 1. The smallest absolute Gasteiger partial charge is 0.271 e. The van der Waals surface area contributed by atoms with Gasteiger partial charge in [-0.1, -0.05) is 18.2 Å². The van der Waals surface area contributed by atoms with Crippen LogP contribution in [0.1, 0.15) is 34.6 Å². The number of phenols is 1. The Balaban J connectivity index is 1.46. The molecule has 0 spiro atoms. The third-order valence-electron chi connectivity index (χ3n) is 5.25. The minimum absolute atomic E-state index is 0.113. The van der Waals surface area contributed by atoms with Crippen LogP contribution in [-0.2, 0) is 5.60 Å². The molecule has 1 fully saturated rings. The molecule has 2 aromatic heterocycles. The summed E-state index contributed by atoms with van der Waals surface area (Å²) in [6.07, 6.45) is 2.60. The molecule has 7 heteroatoms. The van der Waals surface area contributed by atoms with Crippen molar-refractivity contribution in [2.75, 3.05) is 13.1 Å². The highest BCUT2D eigenvalue weighted by atomic mass is 16.3. The predicted octanol–water partition coefficient (Wildman–Crippen LogP) is 2.61. The lowest BCUT2D eigenvalue weighted by molar-refractivity contribution is -0.0245. The van der Waals surface area contributed by atoms with Gasteiger partial charge in [0.25, 0.3) is 5.91 Å². The summed E-state index contributed by atoms with van der Waals surface area (Å²) in [4.78, 5) is 18.9. The third-order valence-corrected chi connectivity index (χ3v) is 5.25. The molecule has 3 N–H and O–H groups in total. The lowest BCUT2D eigenvalue weighted by Crippen LogP contribution is -2.45. The van der Waals surface area contributed by atoms with Gasteiger partial charge in [0.05, 0.1) is 11.4 Å². The maximum Gasteiger partial charge on any atom is 0.271 e. The maximum absolute atomic E-state index is 12.8. The van der Waals surface area contributed by atoms with E-state index in [9.17, 15) is 15.0 Å². The topological polar surface area (TPSA) is 102 Å². The number of carbonyl (C=O) groups is 1. The maximum atomic E-state index is 12.8. The van der Waals surface area contributed by atoms with Crippen LogP contribution < -0.4 is 0 Å². The van der Waals surface area contributed by atoms with Crippen molar-refractivity contribution < 1.29 is 15.0 Å². The quantitative estimate of drug-likeness (QED) is 0.650. The second-order valence-electron chi connectivity index (χ2n) is 7.23. The number of aromatic nitrogens is 3. The number of nitrogens with one attached hydrogen (secondary N) is 1. The van der Waals surface area contributed by atoms with Gasteiger partial charge in [-0.3, -0.25) is 14.9 Å². The van der Waals surface area contributed by atoms with Gasteiger partial charge in [-0.25, -0.2) is 0 Å². The van der Waals surface area contributed by atoms with Crippen molar-refractivity contribution in [3.63, 3.8) is 0 Å². The number of nitrogens with zero attached hydrogens (tertiary/aromatic N) is 3. The second-order valence-corrected chi connectivity index (χ2v) is 7.23. The highest BCUT2D eigenvalue weighted by molar-refractivity contribution is 5.93. The summed E-state index contributed by atoms with van der Waals surface area (Å²) < 4.78 is 0. The van der Waals surface area contributed by atoms with E-state index in [1.165, 1.54) is 0 Å². The largest absolute Gasteiger partial charge is 0.507 e. The van der Waals surface area contributed by atoms with Crippen LogP contribution in [0.25, 0.3) is 11.3 Å². The molecule has 0 saturated carbocycles. The van der Waals surface area contributed by atoms with Crippen LogP contribution in [0.4, 0.5) is 0 Å². The molecule has 4 rings (SSSR count). The summed E-state index contributed by atoms with van der Waals surface area (Å²) in [5, 5.41) is 27.8. The Bertz CT molecular complexity index is 989. The van der Waals surface area contributed by atoms with Gasteiger partial charge < -0.3 is 15.1 Å². The Morgan fingerprint density at radius 3 is 2.61 bits per heavy atom.